The van der Waals surface area contributed by atoms with Gasteiger partial charge in [0.15, 0.2) is 0 Å². The average molecular weight is 692 g/mol. The van der Waals surface area contributed by atoms with Crippen LogP contribution < -0.4 is 15.4 Å². The van der Waals surface area contributed by atoms with Crippen LogP contribution in [0.15, 0.2) is 48.7 Å². The molecule has 262 valence electrons. The molecule has 49 heavy (non-hydrogen) atoms. The second kappa shape index (κ2) is 13.2. The number of anilines is 1. The number of sulfonamides is 1. The zero-order valence-corrected chi connectivity index (χ0v) is 29.3. The van der Waals surface area contributed by atoms with Gasteiger partial charge in [-0.15, -0.1) is 0 Å². The van der Waals surface area contributed by atoms with E-state index in [1.165, 1.54) is 0 Å². The highest BCUT2D eigenvalue weighted by molar-refractivity contribution is 7.91. The van der Waals surface area contributed by atoms with E-state index in [-0.39, 0.29) is 31.1 Å². The van der Waals surface area contributed by atoms with Gasteiger partial charge in [0.2, 0.25) is 21.8 Å². The molecule has 3 fully saturated rings. The molecule has 5 atom stereocenters. The lowest BCUT2D eigenvalue weighted by Gasteiger charge is -2.27. The third-order valence-corrected chi connectivity index (χ3v) is 12.7. The van der Waals surface area contributed by atoms with Gasteiger partial charge in [-0.25, -0.2) is 13.2 Å². The Morgan fingerprint density at radius 1 is 1.04 bits per heavy atom. The molecule has 4 amide bonds. The third kappa shape index (κ3) is 7.22. The molecule has 5 unspecified atom stereocenters. The molecule has 2 heterocycles. The Morgan fingerprint density at radius 3 is 2.49 bits per heavy atom. The first-order valence-corrected chi connectivity index (χ1v) is 18.5. The van der Waals surface area contributed by atoms with Crippen LogP contribution in [0.2, 0.25) is 0 Å². The van der Waals surface area contributed by atoms with Crippen molar-refractivity contribution in [2.45, 2.75) is 88.5 Å². The number of allylic oxidation sites excluding steroid dienone is 1. The number of pyridine rings is 1. The largest absolute Gasteiger partial charge is 0.446 e. The molecule has 4 aliphatic rings. The van der Waals surface area contributed by atoms with Crippen molar-refractivity contribution < 1.29 is 32.3 Å². The summed E-state index contributed by atoms with van der Waals surface area (Å²) in [6.45, 7) is 5.96. The van der Waals surface area contributed by atoms with Crippen LogP contribution in [0.1, 0.15) is 69.4 Å². The summed E-state index contributed by atoms with van der Waals surface area (Å²) in [6, 6.07) is 9.44. The molecule has 6 rings (SSSR count). The molecule has 0 saturated heterocycles. The molecule has 0 radical (unpaired) electrons. The van der Waals surface area contributed by atoms with Crippen molar-refractivity contribution in [3.63, 3.8) is 0 Å². The number of aromatic nitrogens is 1. The molecule has 0 bridgehead atoms. The molecule has 1 aromatic heterocycles. The summed E-state index contributed by atoms with van der Waals surface area (Å²) < 4.78 is 33.0. The number of hydrogen-bond acceptors (Lipinski definition) is 8. The summed E-state index contributed by atoms with van der Waals surface area (Å²) in [6.07, 6.45) is 7.75. The van der Waals surface area contributed by atoms with Crippen molar-refractivity contribution in [2.24, 2.45) is 17.8 Å². The SMILES string of the molecule is Cc1ccc(-c2ccc(C)cc2NC(=O)OC2CC3C(=O)NC4(C(=O)NS(=O)(=O)C5(C)CC5)CC4/C=C/CCCCN(C)C(=O)C3C2)nc1. The smallest absolute Gasteiger partial charge is 0.411 e. The van der Waals surface area contributed by atoms with Gasteiger partial charge in [-0.2, -0.15) is 0 Å². The van der Waals surface area contributed by atoms with E-state index in [4.69, 9.17) is 4.74 Å². The van der Waals surface area contributed by atoms with Crippen LogP contribution >= 0.6 is 0 Å². The molecule has 3 aliphatic carbocycles. The Kier molecular flexibility index (Phi) is 9.33. The summed E-state index contributed by atoms with van der Waals surface area (Å²) in [4.78, 5) is 60.8. The number of ether oxygens (including phenoxy) is 1. The third-order valence-electron chi connectivity index (χ3n) is 10.5. The van der Waals surface area contributed by atoms with E-state index in [2.05, 4.69) is 20.3 Å². The van der Waals surface area contributed by atoms with E-state index < -0.39 is 56.2 Å². The van der Waals surface area contributed by atoms with Crippen LogP contribution in [-0.2, 0) is 29.1 Å². The highest BCUT2D eigenvalue weighted by Gasteiger charge is 2.63. The minimum Gasteiger partial charge on any atom is -0.446 e. The number of amides is 4. The molecule has 13 heteroatoms. The molecule has 1 aromatic carbocycles. The fourth-order valence-electron chi connectivity index (χ4n) is 6.89. The number of rotatable bonds is 6. The lowest BCUT2D eigenvalue weighted by atomic mass is 9.93. The van der Waals surface area contributed by atoms with Crippen LogP contribution in [0.25, 0.3) is 11.3 Å². The Hall–Kier alpha value is -4.26. The van der Waals surface area contributed by atoms with Crippen LogP contribution in [-0.4, -0.2) is 72.1 Å². The van der Waals surface area contributed by atoms with Gasteiger partial charge < -0.3 is 15.0 Å². The van der Waals surface area contributed by atoms with Gasteiger partial charge in [-0.05, 0) is 95.4 Å². The maximum Gasteiger partial charge on any atom is 0.411 e. The summed E-state index contributed by atoms with van der Waals surface area (Å²) in [5.41, 5.74) is 2.39. The van der Waals surface area contributed by atoms with Crippen LogP contribution in [0.4, 0.5) is 10.5 Å². The van der Waals surface area contributed by atoms with E-state index in [0.717, 1.165) is 30.4 Å². The molecular weight excluding hydrogens is 646 g/mol. The number of carbonyl (C=O) groups excluding carboxylic acids is 4. The number of nitrogens with one attached hydrogen (secondary N) is 3. The van der Waals surface area contributed by atoms with Gasteiger partial charge in [-0.3, -0.25) is 29.4 Å². The Morgan fingerprint density at radius 2 is 1.78 bits per heavy atom. The molecular formula is C36H45N5O7S. The van der Waals surface area contributed by atoms with Crippen molar-refractivity contribution in [3.05, 3.63) is 59.8 Å². The van der Waals surface area contributed by atoms with Crippen molar-refractivity contribution in [2.75, 3.05) is 18.9 Å². The summed E-state index contributed by atoms with van der Waals surface area (Å²) in [5.74, 6) is -3.61. The molecule has 3 saturated carbocycles. The summed E-state index contributed by atoms with van der Waals surface area (Å²) in [5, 5.41) is 5.71. The van der Waals surface area contributed by atoms with Gasteiger partial charge in [0.05, 0.1) is 28.0 Å². The molecule has 2 aromatic rings. The van der Waals surface area contributed by atoms with Crippen LogP contribution in [0.3, 0.4) is 0 Å². The van der Waals surface area contributed by atoms with Crippen molar-refractivity contribution in [1.82, 2.24) is 19.9 Å². The van der Waals surface area contributed by atoms with E-state index in [9.17, 15) is 27.6 Å². The van der Waals surface area contributed by atoms with Gasteiger partial charge in [0.1, 0.15) is 11.6 Å². The Balaban J connectivity index is 1.21. The fourth-order valence-corrected chi connectivity index (χ4v) is 8.21. The highest BCUT2D eigenvalue weighted by atomic mass is 32.2. The quantitative estimate of drug-likeness (QED) is 0.376. The minimum atomic E-state index is -3.94. The van der Waals surface area contributed by atoms with Gasteiger partial charge >= 0.3 is 6.09 Å². The topological polar surface area (TPSA) is 164 Å². The Bertz CT molecular complexity index is 1790. The van der Waals surface area contributed by atoms with Gasteiger partial charge in [-0.1, -0.05) is 30.4 Å². The molecule has 1 aliphatic heterocycles. The van der Waals surface area contributed by atoms with E-state index in [1.807, 2.05) is 56.3 Å². The lowest BCUT2D eigenvalue weighted by Crippen LogP contribution is -2.55. The monoisotopic (exact) mass is 691 g/mol. The maximum absolute atomic E-state index is 14.0. The first kappa shape index (κ1) is 34.6. The highest BCUT2D eigenvalue weighted by Crippen LogP contribution is 2.48. The summed E-state index contributed by atoms with van der Waals surface area (Å²) in [7, 11) is -2.23. The fraction of sp³-hybridized carbons (Fsp3) is 0.528. The second-order valence-corrected chi connectivity index (χ2v) is 16.6. The normalized spacial score (nSPS) is 28.6. The molecule has 12 nitrogen and oxygen atoms in total. The van der Waals surface area contributed by atoms with Crippen LogP contribution in [0.5, 0.6) is 0 Å². The Labute approximate surface area is 287 Å². The van der Waals surface area contributed by atoms with Gasteiger partial charge in [0.25, 0.3) is 5.91 Å². The number of aryl methyl sites for hydroxylation is 2. The zero-order valence-electron chi connectivity index (χ0n) is 28.5. The predicted molar refractivity (Wildman–Crippen MR) is 184 cm³/mol. The standard InChI is InChI=1S/C36H45N5O7S/c1-22-10-12-26(29-13-11-23(2)21-37-29)30(17-22)38-34(45)48-25-18-27-28(19-25)32(43)41(4)16-8-6-5-7-9-24-20-36(24,39-31(27)42)33(44)40-49(46,47)35(3)14-15-35/h7,9-13,17,21,24-25,27-28H,5-6,8,14-16,18-20H2,1-4H3,(H,38,45)(H,39,42)(H,40,44)/b9-7+. The van der Waals surface area contributed by atoms with E-state index >= 15 is 0 Å². The second-order valence-electron chi connectivity index (χ2n) is 14.4. The minimum absolute atomic E-state index is 0.0677. The average Bonchev–Trinajstić information content (AvgIpc) is 3.93. The first-order chi connectivity index (χ1) is 23.2. The number of nitrogens with zero attached hydrogens (tertiary/aromatic N) is 2. The lowest BCUT2D eigenvalue weighted by molar-refractivity contribution is -0.140. The maximum atomic E-state index is 14.0. The van der Waals surface area contributed by atoms with Crippen molar-refractivity contribution in [1.29, 1.82) is 0 Å². The first-order valence-electron chi connectivity index (χ1n) is 17.0. The van der Waals surface area contributed by atoms with Gasteiger partial charge in [0, 0.05) is 31.3 Å². The van der Waals surface area contributed by atoms with E-state index in [1.54, 1.807) is 25.1 Å². The zero-order chi connectivity index (χ0) is 35.1. The number of fused-ring (bicyclic) bond motifs is 2. The van der Waals surface area contributed by atoms with Crippen LogP contribution in [0, 0.1) is 31.6 Å². The van der Waals surface area contributed by atoms with Crippen molar-refractivity contribution in [3.8, 4) is 11.3 Å². The van der Waals surface area contributed by atoms with E-state index in [0.29, 0.717) is 36.3 Å². The summed E-state index contributed by atoms with van der Waals surface area (Å²) >= 11 is 0. The number of carbonyl (C=O) groups is 4. The molecule has 3 N–H and O–H groups in total. The van der Waals surface area contributed by atoms with Crippen molar-refractivity contribution >= 4 is 39.5 Å². The predicted octanol–water partition coefficient (Wildman–Crippen LogP) is 4.38. The number of benzene rings is 1. The number of hydrogen-bond donors (Lipinski definition) is 3. The molecule has 0 spiro atoms.